The molecule has 8 heteroatoms. The molecule has 0 spiro atoms. The zero-order valence-electron chi connectivity index (χ0n) is 17.1. The smallest absolute Gasteiger partial charge is 0.266 e. The number of hydrogen-bond donors (Lipinski definition) is 1. The maximum atomic E-state index is 13.5. The summed E-state index contributed by atoms with van der Waals surface area (Å²) in [4.78, 5) is 25.3. The second-order valence-electron chi connectivity index (χ2n) is 7.37. The van der Waals surface area contributed by atoms with E-state index in [0.29, 0.717) is 13.1 Å². The number of benzene rings is 1. The van der Waals surface area contributed by atoms with Crippen LogP contribution in [0.1, 0.15) is 38.4 Å². The van der Waals surface area contributed by atoms with Gasteiger partial charge in [0, 0.05) is 44.6 Å². The fraction of sp³-hybridized carbons (Fsp3) is 0.381. The summed E-state index contributed by atoms with van der Waals surface area (Å²) in [5, 5.41) is 4.29. The fourth-order valence-corrected chi connectivity index (χ4v) is 4.88. The van der Waals surface area contributed by atoms with Crippen molar-refractivity contribution in [1.29, 1.82) is 0 Å². The number of carbonyl (C=O) groups excluding carboxylic acids is 1. The van der Waals surface area contributed by atoms with Crippen LogP contribution < -0.4 is 5.32 Å². The molecule has 3 aromatic rings. The number of carbonyl (C=O) groups is 1. The second-order valence-corrected chi connectivity index (χ2v) is 8.37. The summed E-state index contributed by atoms with van der Waals surface area (Å²) in [5.41, 5.74) is 4.30. The largest absolute Gasteiger partial charge is 0.336 e. The molecule has 154 valence electrons. The first-order valence-electron chi connectivity index (χ1n) is 9.49. The lowest BCUT2D eigenvalue weighted by Gasteiger charge is -2.35. The predicted octanol–water partition coefficient (Wildman–Crippen LogP) is 3.68. The Kier molecular flexibility index (Phi) is 6.41. The molecule has 2 aromatic heterocycles. The molecule has 1 saturated heterocycles. The van der Waals surface area contributed by atoms with Crippen LogP contribution >= 0.6 is 23.7 Å². The first-order valence-corrected chi connectivity index (χ1v) is 10.3. The van der Waals surface area contributed by atoms with Crippen molar-refractivity contribution in [3.8, 4) is 10.6 Å². The van der Waals surface area contributed by atoms with E-state index >= 15 is 0 Å². The molecule has 1 unspecified atom stereocenters. The molecule has 6 nitrogen and oxygen atoms in total. The highest BCUT2D eigenvalue weighted by atomic mass is 35.5. The molecule has 1 aliphatic rings. The molecule has 0 saturated carbocycles. The summed E-state index contributed by atoms with van der Waals surface area (Å²) in [7, 11) is 1.97. The Morgan fingerprint density at radius 3 is 2.76 bits per heavy atom. The standard InChI is InChI=1S/C21H25N5OS.ClH/c1-13-5-6-16(14(2)11-13)20-24-15(3)18(28-20)21(27)26-10-7-22-12-17(26)19-23-8-9-25(19)4;/h5-6,8-9,11,17,22H,7,10,12H2,1-4H3;1H. The van der Waals surface area contributed by atoms with Crippen LogP contribution in [0.25, 0.3) is 10.6 Å². The molecule has 1 N–H and O–H groups in total. The molecule has 29 heavy (non-hydrogen) atoms. The maximum Gasteiger partial charge on any atom is 0.266 e. The SMILES string of the molecule is Cc1ccc(-c2nc(C)c(C(=O)N3CCNCC3c3nccn3C)s2)c(C)c1.Cl. The monoisotopic (exact) mass is 431 g/mol. The van der Waals surface area contributed by atoms with Gasteiger partial charge >= 0.3 is 0 Å². The average molecular weight is 432 g/mol. The van der Waals surface area contributed by atoms with Crippen molar-refractivity contribution in [2.45, 2.75) is 26.8 Å². The molecule has 0 bridgehead atoms. The summed E-state index contributed by atoms with van der Waals surface area (Å²) in [6, 6.07) is 6.26. The molecule has 3 heterocycles. The summed E-state index contributed by atoms with van der Waals surface area (Å²) in [5.74, 6) is 0.942. The van der Waals surface area contributed by atoms with Gasteiger partial charge in [0.1, 0.15) is 21.8 Å². The minimum Gasteiger partial charge on any atom is -0.336 e. The first-order chi connectivity index (χ1) is 13.5. The molecule has 1 aliphatic heterocycles. The number of piperazine rings is 1. The number of aryl methyl sites for hydroxylation is 4. The zero-order chi connectivity index (χ0) is 19.8. The van der Waals surface area contributed by atoms with E-state index in [1.807, 2.05) is 29.6 Å². The van der Waals surface area contributed by atoms with Crippen LogP contribution in [0.3, 0.4) is 0 Å². The van der Waals surface area contributed by atoms with Gasteiger partial charge in [-0.25, -0.2) is 9.97 Å². The van der Waals surface area contributed by atoms with Gasteiger partial charge in [-0.2, -0.15) is 0 Å². The van der Waals surface area contributed by atoms with Crippen molar-refractivity contribution < 1.29 is 4.79 Å². The van der Waals surface area contributed by atoms with E-state index in [0.717, 1.165) is 33.5 Å². The lowest BCUT2D eigenvalue weighted by Crippen LogP contribution is -2.49. The molecular formula is C21H26ClN5OS. The topological polar surface area (TPSA) is 63.1 Å². The van der Waals surface area contributed by atoms with Gasteiger partial charge in [0.15, 0.2) is 0 Å². The maximum absolute atomic E-state index is 13.5. The van der Waals surface area contributed by atoms with E-state index < -0.39 is 0 Å². The lowest BCUT2D eigenvalue weighted by molar-refractivity contribution is 0.0625. The number of imidazole rings is 1. The van der Waals surface area contributed by atoms with Crippen LogP contribution in [-0.4, -0.2) is 45.0 Å². The van der Waals surface area contributed by atoms with Crippen LogP contribution in [0.15, 0.2) is 30.6 Å². The van der Waals surface area contributed by atoms with E-state index in [1.165, 1.54) is 22.5 Å². The van der Waals surface area contributed by atoms with Crippen molar-refractivity contribution in [2.75, 3.05) is 19.6 Å². The van der Waals surface area contributed by atoms with E-state index in [2.05, 4.69) is 42.3 Å². The van der Waals surface area contributed by atoms with Gasteiger partial charge < -0.3 is 14.8 Å². The van der Waals surface area contributed by atoms with Gasteiger partial charge in [-0.05, 0) is 26.3 Å². The third kappa shape index (κ3) is 4.08. The zero-order valence-corrected chi connectivity index (χ0v) is 18.7. The highest BCUT2D eigenvalue weighted by molar-refractivity contribution is 7.17. The quantitative estimate of drug-likeness (QED) is 0.687. The van der Waals surface area contributed by atoms with Gasteiger partial charge in [-0.15, -0.1) is 23.7 Å². The summed E-state index contributed by atoms with van der Waals surface area (Å²) >= 11 is 1.49. The number of rotatable bonds is 3. The third-order valence-electron chi connectivity index (χ3n) is 5.26. The minimum atomic E-state index is -0.0766. The number of amides is 1. The van der Waals surface area contributed by atoms with Crippen LogP contribution in [0.5, 0.6) is 0 Å². The average Bonchev–Trinajstić information content (AvgIpc) is 3.27. The fourth-order valence-electron chi connectivity index (χ4n) is 3.77. The molecule has 4 rings (SSSR count). The Bertz CT molecular complexity index is 1030. The minimum absolute atomic E-state index is 0. The van der Waals surface area contributed by atoms with Gasteiger partial charge in [0.25, 0.3) is 5.91 Å². The number of nitrogens with zero attached hydrogens (tertiary/aromatic N) is 4. The Balaban J connectivity index is 0.00000240. The van der Waals surface area contributed by atoms with E-state index in [9.17, 15) is 4.79 Å². The molecule has 1 amide bonds. The Morgan fingerprint density at radius 2 is 2.07 bits per heavy atom. The number of aromatic nitrogens is 3. The summed E-state index contributed by atoms with van der Waals surface area (Å²) in [6.07, 6.45) is 3.70. The first kappa shape index (κ1) is 21.5. The van der Waals surface area contributed by atoms with Crippen molar-refractivity contribution in [1.82, 2.24) is 24.8 Å². The lowest BCUT2D eigenvalue weighted by atomic mass is 10.1. The number of nitrogens with one attached hydrogen (secondary N) is 1. The number of hydrogen-bond acceptors (Lipinski definition) is 5. The van der Waals surface area contributed by atoms with E-state index in [-0.39, 0.29) is 24.4 Å². The van der Waals surface area contributed by atoms with Crippen molar-refractivity contribution in [2.24, 2.45) is 7.05 Å². The molecule has 1 atom stereocenters. The van der Waals surface area contributed by atoms with Crippen molar-refractivity contribution in [3.05, 3.63) is 58.1 Å². The molecule has 0 aliphatic carbocycles. The molecule has 0 radical (unpaired) electrons. The third-order valence-corrected chi connectivity index (χ3v) is 6.44. The predicted molar refractivity (Wildman–Crippen MR) is 119 cm³/mol. The Hall–Kier alpha value is -2.22. The molecule has 1 fully saturated rings. The number of halogens is 1. The van der Waals surface area contributed by atoms with Crippen LogP contribution in [0, 0.1) is 20.8 Å². The Labute approximate surface area is 181 Å². The Morgan fingerprint density at radius 1 is 1.28 bits per heavy atom. The van der Waals surface area contributed by atoms with Crippen molar-refractivity contribution >= 4 is 29.7 Å². The van der Waals surface area contributed by atoms with Crippen LogP contribution in [0.4, 0.5) is 0 Å². The van der Waals surface area contributed by atoms with E-state index in [1.54, 1.807) is 6.20 Å². The van der Waals surface area contributed by atoms with Crippen molar-refractivity contribution in [3.63, 3.8) is 0 Å². The highest BCUT2D eigenvalue weighted by Gasteiger charge is 2.33. The highest BCUT2D eigenvalue weighted by Crippen LogP contribution is 2.33. The van der Waals surface area contributed by atoms with Crippen LogP contribution in [-0.2, 0) is 7.05 Å². The number of thiazole rings is 1. The summed E-state index contributed by atoms with van der Waals surface area (Å²) in [6.45, 7) is 8.25. The molecule has 1 aromatic carbocycles. The van der Waals surface area contributed by atoms with Gasteiger partial charge in [-0.3, -0.25) is 4.79 Å². The van der Waals surface area contributed by atoms with E-state index in [4.69, 9.17) is 4.98 Å². The normalized spacial score (nSPS) is 16.6. The van der Waals surface area contributed by atoms with Gasteiger partial charge in [-0.1, -0.05) is 23.8 Å². The summed E-state index contributed by atoms with van der Waals surface area (Å²) < 4.78 is 1.98. The second kappa shape index (κ2) is 8.65. The molecular weight excluding hydrogens is 406 g/mol. The van der Waals surface area contributed by atoms with Crippen LogP contribution in [0.2, 0.25) is 0 Å². The van der Waals surface area contributed by atoms with Gasteiger partial charge in [0.05, 0.1) is 5.69 Å². The van der Waals surface area contributed by atoms with Gasteiger partial charge in [0.2, 0.25) is 0 Å².